The molecule has 0 aliphatic rings. The van der Waals surface area contributed by atoms with Crippen molar-refractivity contribution in [2.24, 2.45) is 11.5 Å². The number of hydrogen-bond acceptors (Lipinski definition) is 5. The molecule has 0 saturated heterocycles. The number of anilines is 1. The van der Waals surface area contributed by atoms with Gasteiger partial charge in [-0.2, -0.15) is 0 Å². The van der Waals surface area contributed by atoms with E-state index in [0.29, 0.717) is 17.8 Å². The van der Waals surface area contributed by atoms with Crippen molar-refractivity contribution in [1.82, 2.24) is 5.32 Å². The van der Waals surface area contributed by atoms with Crippen molar-refractivity contribution in [3.8, 4) is 11.1 Å². The predicted octanol–water partition coefficient (Wildman–Crippen LogP) is 4.07. The molecule has 35 heavy (non-hydrogen) atoms. The van der Waals surface area contributed by atoms with Crippen molar-refractivity contribution in [3.05, 3.63) is 103 Å². The molecular formula is C28H36N4O3. The summed E-state index contributed by atoms with van der Waals surface area (Å²) in [5, 5.41) is 5.60. The molecular weight excluding hydrogens is 440 g/mol. The van der Waals surface area contributed by atoms with Gasteiger partial charge < -0.3 is 26.9 Å². The number of rotatable bonds is 7. The molecule has 0 unspecified atom stereocenters. The van der Waals surface area contributed by atoms with Gasteiger partial charge in [0.25, 0.3) is 5.91 Å². The maximum atomic E-state index is 12.3. The van der Waals surface area contributed by atoms with Crippen LogP contribution in [0.15, 0.2) is 86.0 Å². The van der Waals surface area contributed by atoms with Gasteiger partial charge in [-0.3, -0.25) is 9.59 Å². The first kappa shape index (κ1) is 30.9. The van der Waals surface area contributed by atoms with Crippen LogP contribution in [-0.2, 0) is 16.1 Å². The Morgan fingerprint density at radius 3 is 2.11 bits per heavy atom. The van der Waals surface area contributed by atoms with E-state index in [4.69, 9.17) is 10.5 Å². The van der Waals surface area contributed by atoms with E-state index in [1.165, 1.54) is 12.6 Å². The number of nitrogens with two attached hydrogens (primary N) is 2. The van der Waals surface area contributed by atoms with Crippen LogP contribution in [0.1, 0.15) is 27.9 Å². The van der Waals surface area contributed by atoms with E-state index in [0.717, 1.165) is 16.7 Å². The molecule has 0 heterocycles. The molecule has 0 radical (unpaired) electrons. The molecule has 2 amide bonds. The third-order valence-electron chi connectivity index (χ3n) is 4.69. The normalized spacial score (nSPS) is 9.03. The highest BCUT2D eigenvalue weighted by Gasteiger charge is 2.08. The van der Waals surface area contributed by atoms with Gasteiger partial charge in [-0.1, -0.05) is 48.5 Å². The molecule has 3 aromatic rings. The van der Waals surface area contributed by atoms with Crippen molar-refractivity contribution in [3.63, 3.8) is 0 Å². The molecule has 3 aromatic carbocycles. The van der Waals surface area contributed by atoms with Crippen LogP contribution < -0.4 is 22.1 Å². The molecule has 0 saturated carbocycles. The molecule has 0 aromatic heterocycles. The summed E-state index contributed by atoms with van der Waals surface area (Å²) in [7, 11) is 1.50. The summed E-state index contributed by atoms with van der Waals surface area (Å²) >= 11 is 0. The summed E-state index contributed by atoms with van der Waals surface area (Å²) in [6.07, 6.45) is 0.194. The molecule has 0 fully saturated rings. The Hall–Kier alpha value is -4.07. The lowest BCUT2D eigenvalue weighted by Crippen LogP contribution is -2.27. The second-order valence-electron chi connectivity index (χ2n) is 6.85. The number of hydrogen-bond donors (Lipinski definition) is 4. The molecule has 186 valence electrons. The van der Waals surface area contributed by atoms with Crippen LogP contribution in [0.3, 0.4) is 0 Å². The average Bonchev–Trinajstić information content (AvgIpc) is 2.92. The maximum Gasteiger partial charge on any atom is 0.251 e. The first-order valence-corrected chi connectivity index (χ1v) is 11.0. The summed E-state index contributed by atoms with van der Waals surface area (Å²) < 4.78 is 0. The van der Waals surface area contributed by atoms with E-state index < -0.39 is 0 Å². The first-order valence-electron chi connectivity index (χ1n) is 11.0. The molecule has 0 bridgehead atoms. The van der Waals surface area contributed by atoms with Crippen LogP contribution in [0.4, 0.5) is 5.69 Å². The monoisotopic (exact) mass is 476 g/mol. The van der Waals surface area contributed by atoms with Crippen LogP contribution in [0.5, 0.6) is 0 Å². The quantitative estimate of drug-likeness (QED) is 0.382. The van der Waals surface area contributed by atoms with E-state index in [2.05, 4.69) is 48.6 Å². The number of carbonyl (C=O) groups is 3. The van der Waals surface area contributed by atoms with Gasteiger partial charge in [0, 0.05) is 30.8 Å². The largest absolute Gasteiger partial charge is 0.352 e. The van der Waals surface area contributed by atoms with Crippen LogP contribution >= 0.6 is 0 Å². The number of aryl methyl sites for hydroxylation is 1. The average molecular weight is 477 g/mol. The Morgan fingerprint density at radius 1 is 0.886 bits per heavy atom. The van der Waals surface area contributed by atoms with Gasteiger partial charge >= 0.3 is 0 Å². The highest BCUT2D eigenvalue weighted by molar-refractivity contribution is 5.95. The lowest BCUT2D eigenvalue weighted by molar-refractivity contribution is -0.116. The summed E-state index contributed by atoms with van der Waals surface area (Å²) in [6, 6.07) is 23.0. The van der Waals surface area contributed by atoms with Gasteiger partial charge in [-0.05, 0) is 60.5 Å². The molecule has 7 nitrogen and oxygen atoms in total. The molecule has 0 aliphatic carbocycles. The lowest BCUT2D eigenvalue weighted by Gasteiger charge is -2.09. The van der Waals surface area contributed by atoms with Gasteiger partial charge in [0.1, 0.15) is 6.79 Å². The van der Waals surface area contributed by atoms with Gasteiger partial charge in [0.2, 0.25) is 5.91 Å². The zero-order valence-electron chi connectivity index (χ0n) is 20.6. The van der Waals surface area contributed by atoms with Crippen molar-refractivity contribution in [1.29, 1.82) is 0 Å². The molecule has 6 N–H and O–H groups in total. The van der Waals surface area contributed by atoms with Gasteiger partial charge in [-0.25, -0.2) is 0 Å². The second-order valence-corrected chi connectivity index (χ2v) is 6.85. The zero-order valence-corrected chi connectivity index (χ0v) is 20.6. The molecule has 3 rings (SSSR count). The van der Waals surface area contributed by atoms with Crippen LogP contribution in [0, 0.1) is 6.92 Å². The van der Waals surface area contributed by atoms with E-state index in [9.17, 15) is 9.59 Å². The van der Waals surface area contributed by atoms with Crippen molar-refractivity contribution >= 4 is 24.3 Å². The van der Waals surface area contributed by atoms with Crippen LogP contribution in [0.25, 0.3) is 11.1 Å². The third-order valence-corrected chi connectivity index (χ3v) is 4.69. The number of nitrogens with one attached hydrogen (secondary N) is 2. The molecule has 0 atom stereocenters. The van der Waals surface area contributed by atoms with Gasteiger partial charge in [0.05, 0.1) is 0 Å². The Bertz CT molecular complexity index is 1030. The highest BCUT2D eigenvalue weighted by Crippen LogP contribution is 2.23. The first-order chi connectivity index (χ1) is 17.1. The summed E-state index contributed by atoms with van der Waals surface area (Å²) in [6.45, 7) is 10.7. The van der Waals surface area contributed by atoms with E-state index in [1.54, 1.807) is 12.1 Å². The Kier molecular flexibility index (Phi) is 16.2. The van der Waals surface area contributed by atoms with E-state index >= 15 is 0 Å². The fourth-order valence-electron chi connectivity index (χ4n) is 3.09. The fraction of sp³-hybridized carbons (Fsp3) is 0.179. The van der Waals surface area contributed by atoms with Gasteiger partial charge in [0.15, 0.2) is 0 Å². The summed E-state index contributed by atoms with van der Waals surface area (Å²) in [5.41, 5.74) is 15.7. The zero-order chi connectivity index (χ0) is 26.6. The number of carbonyl (C=O) groups excluding carboxylic acids is 3. The Morgan fingerprint density at radius 2 is 1.51 bits per heavy atom. The fourth-order valence-corrected chi connectivity index (χ4v) is 3.09. The van der Waals surface area contributed by atoms with Crippen molar-refractivity contribution < 1.29 is 14.4 Å². The number of amides is 2. The topological polar surface area (TPSA) is 127 Å². The van der Waals surface area contributed by atoms with Crippen molar-refractivity contribution in [2.75, 3.05) is 18.9 Å². The standard InChI is InChI=1S/C24H25N3O2.C2H4.CH5N.CH2O/c1-17-5-2-3-8-22(17)19-9-11-20(12-10-19)24(29)26-14-13-23(28)27-21-7-4-6-18(15-21)16-25;3*1-2/h2-12,15H,13-14,16,25H2,1H3,(H,26,29)(H,27,28);1-2H2;2H2,1H3;1H2. The second kappa shape index (κ2) is 18.4. The highest BCUT2D eigenvalue weighted by atomic mass is 16.2. The number of benzene rings is 3. The predicted molar refractivity (Wildman–Crippen MR) is 145 cm³/mol. The molecule has 7 heteroatoms. The van der Waals surface area contributed by atoms with E-state index in [-0.39, 0.29) is 24.8 Å². The Labute approximate surface area is 208 Å². The lowest BCUT2D eigenvalue weighted by atomic mass is 9.99. The van der Waals surface area contributed by atoms with Crippen LogP contribution in [-0.4, -0.2) is 32.2 Å². The summed E-state index contributed by atoms with van der Waals surface area (Å²) in [4.78, 5) is 32.4. The van der Waals surface area contributed by atoms with Crippen LogP contribution in [0.2, 0.25) is 0 Å². The minimum atomic E-state index is -0.195. The SMILES string of the molecule is C=C.C=O.CN.Cc1ccccc1-c1ccc(C(=O)NCCC(=O)Nc2cccc(CN)c2)cc1. The minimum Gasteiger partial charge on any atom is -0.352 e. The third kappa shape index (κ3) is 10.6. The Balaban J connectivity index is 0.00000179. The molecule has 0 aliphatic heterocycles. The maximum absolute atomic E-state index is 12.3. The molecule has 0 spiro atoms. The van der Waals surface area contributed by atoms with Gasteiger partial charge in [-0.15, -0.1) is 13.2 Å². The van der Waals surface area contributed by atoms with E-state index in [1.807, 2.05) is 55.3 Å². The smallest absolute Gasteiger partial charge is 0.251 e. The minimum absolute atomic E-state index is 0.158. The summed E-state index contributed by atoms with van der Waals surface area (Å²) in [5.74, 6) is -0.353. The van der Waals surface area contributed by atoms with Crippen molar-refractivity contribution in [2.45, 2.75) is 19.9 Å².